The first kappa shape index (κ1) is 15.0. The van der Waals surface area contributed by atoms with Gasteiger partial charge in [-0.1, -0.05) is 42.5 Å². The largest absolute Gasteiger partial charge is 0.332 e. The van der Waals surface area contributed by atoms with E-state index in [0.29, 0.717) is 5.11 Å². The number of hydrogen-bond donors (Lipinski definition) is 2. The number of anilines is 2. The maximum Gasteiger partial charge on any atom is 0.175 e. The fraction of sp³-hybridized carbons (Fsp3) is 0.0556. The Hall–Kier alpha value is -1.91. The van der Waals surface area contributed by atoms with Gasteiger partial charge in [-0.3, -0.25) is 0 Å². The first-order chi connectivity index (χ1) is 10.6. The standard InChI is InChI=1S/C18H15BrN2S/c1-12-9-10-17(15(19)11-12)21-18(22)20-16-8-4-6-13-5-2-3-7-14(13)16/h2-11H,1H3,(H2,20,21,22). The maximum absolute atomic E-state index is 5.43. The molecule has 110 valence electrons. The highest BCUT2D eigenvalue weighted by atomic mass is 79.9. The van der Waals surface area contributed by atoms with Gasteiger partial charge in [-0.05, 0) is 64.2 Å². The molecular weight excluding hydrogens is 356 g/mol. The highest BCUT2D eigenvalue weighted by Gasteiger charge is 2.05. The fourth-order valence-corrected chi connectivity index (χ4v) is 3.14. The van der Waals surface area contributed by atoms with Crippen LogP contribution in [0.2, 0.25) is 0 Å². The second kappa shape index (κ2) is 6.46. The summed E-state index contributed by atoms with van der Waals surface area (Å²) in [4.78, 5) is 0. The highest BCUT2D eigenvalue weighted by Crippen LogP contribution is 2.25. The van der Waals surface area contributed by atoms with Crippen molar-refractivity contribution in [1.82, 2.24) is 0 Å². The summed E-state index contributed by atoms with van der Waals surface area (Å²) in [6, 6.07) is 20.5. The molecule has 0 saturated carbocycles. The van der Waals surface area contributed by atoms with Crippen molar-refractivity contribution in [2.24, 2.45) is 0 Å². The van der Waals surface area contributed by atoms with Gasteiger partial charge in [0.25, 0.3) is 0 Å². The van der Waals surface area contributed by atoms with Gasteiger partial charge in [-0.25, -0.2) is 0 Å². The van der Waals surface area contributed by atoms with Gasteiger partial charge in [0.15, 0.2) is 5.11 Å². The summed E-state index contributed by atoms with van der Waals surface area (Å²) in [6.45, 7) is 2.06. The minimum atomic E-state index is 0.570. The van der Waals surface area contributed by atoms with Crippen molar-refractivity contribution in [3.63, 3.8) is 0 Å². The molecule has 0 aromatic heterocycles. The summed E-state index contributed by atoms with van der Waals surface area (Å²) in [7, 11) is 0. The number of fused-ring (bicyclic) bond motifs is 1. The Kier molecular flexibility index (Phi) is 4.41. The fourth-order valence-electron chi connectivity index (χ4n) is 2.33. The Morgan fingerprint density at radius 2 is 1.64 bits per heavy atom. The zero-order valence-electron chi connectivity index (χ0n) is 12.1. The highest BCUT2D eigenvalue weighted by molar-refractivity contribution is 9.10. The molecule has 0 aliphatic carbocycles. The predicted molar refractivity (Wildman–Crippen MR) is 103 cm³/mol. The SMILES string of the molecule is Cc1ccc(NC(=S)Nc2cccc3ccccc23)c(Br)c1. The molecular formula is C18H15BrN2S. The van der Waals surface area contributed by atoms with Crippen molar-refractivity contribution in [2.45, 2.75) is 6.92 Å². The maximum atomic E-state index is 5.43. The van der Waals surface area contributed by atoms with Crippen LogP contribution in [0.4, 0.5) is 11.4 Å². The van der Waals surface area contributed by atoms with E-state index in [-0.39, 0.29) is 0 Å². The Morgan fingerprint density at radius 3 is 2.45 bits per heavy atom. The van der Waals surface area contributed by atoms with E-state index >= 15 is 0 Å². The Balaban J connectivity index is 1.81. The molecule has 0 bridgehead atoms. The third-order valence-electron chi connectivity index (χ3n) is 3.41. The minimum Gasteiger partial charge on any atom is -0.332 e. The lowest BCUT2D eigenvalue weighted by Crippen LogP contribution is -2.19. The van der Waals surface area contributed by atoms with Gasteiger partial charge in [0.1, 0.15) is 0 Å². The van der Waals surface area contributed by atoms with Crippen LogP contribution < -0.4 is 10.6 Å². The Labute approximate surface area is 143 Å². The molecule has 0 spiro atoms. The molecule has 3 aromatic carbocycles. The van der Waals surface area contributed by atoms with Crippen molar-refractivity contribution in [1.29, 1.82) is 0 Å². The van der Waals surface area contributed by atoms with Gasteiger partial charge in [0.05, 0.1) is 5.69 Å². The zero-order valence-corrected chi connectivity index (χ0v) is 14.5. The van der Waals surface area contributed by atoms with Crippen LogP contribution in [0, 0.1) is 6.92 Å². The van der Waals surface area contributed by atoms with Crippen LogP contribution in [0.5, 0.6) is 0 Å². The van der Waals surface area contributed by atoms with Gasteiger partial charge < -0.3 is 10.6 Å². The number of nitrogens with one attached hydrogen (secondary N) is 2. The molecule has 22 heavy (non-hydrogen) atoms. The zero-order chi connectivity index (χ0) is 15.5. The number of thiocarbonyl (C=S) groups is 1. The molecule has 0 radical (unpaired) electrons. The van der Waals surface area contributed by atoms with Gasteiger partial charge in [0.2, 0.25) is 0 Å². The number of aryl methyl sites for hydroxylation is 1. The average Bonchev–Trinajstić information content (AvgIpc) is 2.50. The van der Waals surface area contributed by atoms with Crippen molar-refractivity contribution in [3.8, 4) is 0 Å². The summed E-state index contributed by atoms with van der Waals surface area (Å²) in [5.74, 6) is 0. The Morgan fingerprint density at radius 1 is 0.909 bits per heavy atom. The molecule has 0 aliphatic rings. The summed E-state index contributed by atoms with van der Waals surface area (Å²) < 4.78 is 0.995. The third-order valence-corrected chi connectivity index (χ3v) is 4.27. The lowest BCUT2D eigenvalue weighted by Gasteiger charge is -2.14. The minimum absolute atomic E-state index is 0.570. The molecule has 0 heterocycles. The number of halogens is 1. The molecule has 2 N–H and O–H groups in total. The second-order valence-electron chi connectivity index (χ2n) is 5.09. The number of benzene rings is 3. The van der Waals surface area contributed by atoms with Crippen molar-refractivity contribution in [3.05, 3.63) is 70.7 Å². The first-order valence-electron chi connectivity index (χ1n) is 6.95. The molecule has 0 saturated heterocycles. The normalized spacial score (nSPS) is 10.5. The van der Waals surface area contributed by atoms with E-state index in [2.05, 4.69) is 57.8 Å². The molecule has 4 heteroatoms. The molecule has 3 rings (SSSR count). The molecule has 2 nitrogen and oxygen atoms in total. The van der Waals surface area contributed by atoms with Gasteiger partial charge in [-0.15, -0.1) is 0 Å². The average molecular weight is 371 g/mol. The first-order valence-corrected chi connectivity index (χ1v) is 8.15. The monoisotopic (exact) mass is 370 g/mol. The van der Waals surface area contributed by atoms with Crippen LogP contribution in [-0.2, 0) is 0 Å². The summed E-state index contributed by atoms with van der Waals surface area (Å²) in [5.41, 5.74) is 3.15. The van der Waals surface area contributed by atoms with E-state index in [9.17, 15) is 0 Å². The van der Waals surface area contributed by atoms with E-state index < -0.39 is 0 Å². The molecule has 3 aromatic rings. The predicted octanol–water partition coefficient (Wildman–Crippen LogP) is 5.72. The van der Waals surface area contributed by atoms with Crippen LogP contribution >= 0.6 is 28.1 Å². The van der Waals surface area contributed by atoms with Gasteiger partial charge in [0, 0.05) is 15.5 Å². The molecule has 0 aliphatic heterocycles. The number of rotatable bonds is 2. The number of hydrogen-bond acceptors (Lipinski definition) is 1. The van der Waals surface area contributed by atoms with Crippen molar-refractivity contribution in [2.75, 3.05) is 10.6 Å². The Bertz CT molecular complexity index is 840. The van der Waals surface area contributed by atoms with Crippen molar-refractivity contribution < 1.29 is 0 Å². The van der Waals surface area contributed by atoms with Crippen molar-refractivity contribution >= 4 is 55.4 Å². The lowest BCUT2D eigenvalue weighted by atomic mass is 10.1. The van der Waals surface area contributed by atoms with E-state index in [0.717, 1.165) is 21.2 Å². The quantitative estimate of drug-likeness (QED) is 0.564. The smallest absolute Gasteiger partial charge is 0.175 e. The third kappa shape index (κ3) is 3.29. The van der Waals surface area contributed by atoms with E-state index in [1.165, 1.54) is 10.9 Å². The molecule has 0 amide bonds. The van der Waals surface area contributed by atoms with Gasteiger partial charge in [-0.2, -0.15) is 0 Å². The molecule has 0 atom stereocenters. The van der Waals surface area contributed by atoms with Gasteiger partial charge >= 0.3 is 0 Å². The van der Waals surface area contributed by atoms with E-state index in [1.807, 2.05) is 36.4 Å². The molecule has 0 fully saturated rings. The summed E-state index contributed by atoms with van der Waals surface area (Å²) >= 11 is 8.98. The lowest BCUT2D eigenvalue weighted by molar-refractivity contribution is 1.44. The summed E-state index contributed by atoms with van der Waals surface area (Å²) in [6.07, 6.45) is 0. The van der Waals surface area contributed by atoms with E-state index in [1.54, 1.807) is 0 Å². The second-order valence-corrected chi connectivity index (χ2v) is 6.35. The van der Waals surface area contributed by atoms with E-state index in [4.69, 9.17) is 12.2 Å². The topological polar surface area (TPSA) is 24.1 Å². The van der Waals surface area contributed by atoms with Crippen LogP contribution in [0.1, 0.15) is 5.56 Å². The van der Waals surface area contributed by atoms with Crippen LogP contribution in [0.3, 0.4) is 0 Å². The summed E-state index contributed by atoms with van der Waals surface area (Å²) in [5, 5.41) is 9.41. The van der Waals surface area contributed by atoms with Crippen LogP contribution in [0.25, 0.3) is 10.8 Å². The molecule has 0 unspecified atom stereocenters. The van der Waals surface area contributed by atoms with Crippen LogP contribution in [0.15, 0.2) is 65.1 Å². The van der Waals surface area contributed by atoms with Crippen LogP contribution in [-0.4, -0.2) is 5.11 Å².